The van der Waals surface area contributed by atoms with E-state index < -0.39 is 11.4 Å². The number of aliphatic carboxylic acids is 1. The molecule has 106 valence electrons. The fourth-order valence-electron chi connectivity index (χ4n) is 3.66. The molecule has 5 nitrogen and oxygen atoms in total. The van der Waals surface area contributed by atoms with Gasteiger partial charge < -0.3 is 10.4 Å². The van der Waals surface area contributed by atoms with Crippen LogP contribution in [-0.4, -0.2) is 27.1 Å². The van der Waals surface area contributed by atoms with E-state index in [2.05, 4.69) is 15.3 Å². The molecule has 2 N–H and O–H groups in total. The lowest BCUT2D eigenvalue weighted by atomic mass is 10.0. The van der Waals surface area contributed by atoms with Gasteiger partial charge in [-0.3, -0.25) is 4.79 Å². The molecule has 3 aliphatic rings. The molecule has 20 heavy (non-hydrogen) atoms. The SMILES string of the molecule is Cc1cc(N[C@@H]2C[C@H]3C[C@@]3(C(=O)O)C2)nc(C2CC2)n1. The molecule has 0 radical (unpaired) electrons. The summed E-state index contributed by atoms with van der Waals surface area (Å²) in [6.07, 6.45) is 4.92. The Morgan fingerprint density at radius 1 is 1.40 bits per heavy atom. The Morgan fingerprint density at radius 3 is 2.85 bits per heavy atom. The molecule has 3 fully saturated rings. The van der Waals surface area contributed by atoms with Crippen LogP contribution in [-0.2, 0) is 4.79 Å². The fourth-order valence-corrected chi connectivity index (χ4v) is 3.66. The number of aromatic nitrogens is 2. The number of anilines is 1. The Hall–Kier alpha value is -1.65. The molecule has 0 aromatic carbocycles. The molecular formula is C15H19N3O2. The van der Waals surface area contributed by atoms with Gasteiger partial charge in [0.2, 0.25) is 0 Å². The van der Waals surface area contributed by atoms with Gasteiger partial charge in [-0.2, -0.15) is 0 Å². The predicted octanol–water partition coefficient (Wildman–Crippen LogP) is 2.33. The van der Waals surface area contributed by atoms with Crippen molar-refractivity contribution in [2.45, 2.75) is 51.0 Å². The summed E-state index contributed by atoms with van der Waals surface area (Å²) in [6.45, 7) is 1.99. The van der Waals surface area contributed by atoms with Crippen LogP contribution in [0.15, 0.2) is 6.07 Å². The van der Waals surface area contributed by atoms with E-state index in [4.69, 9.17) is 0 Å². The van der Waals surface area contributed by atoms with E-state index in [1.54, 1.807) is 0 Å². The molecule has 1 heterocycles. The van der Waals surface area contributed by atoms with Crippen LogP contribution in [0.5, 0.6) is 0 Å². The van der Waals surface area contributed by atoms with Crippen LogP contribution in [0.2, 0.25) is 0 Å². The van der Waals surface area contributed by atoms with E-state index in [0.717, 1.165) is 36.6 Å². The summed E-state index contributed by atoms with van der Waals surface area (Å²) < 4.78 is 0. The van der Waals surface area contributed by atoms with E-state index in [-0.39, 0.29) is 6.04 Å². The van der Waals surface area contributed by atoms with Gasteiger partial charge in [0.1, 0.15) is 11.6 Å². The highest BCUT2D eigenvalue weighted by atomic mass is 16.4. The Labute approximate surface area is 117 Å². The summed E-state index contributed by atoms with van der Waals surface area (Å²) in [6, 6.07) is 2.20. The number of fused-ring (bicyclic) bond motifs is 1. The lowest BCUT2D eigenvalue weighted by molar-refractivity contribution is -0.143. The molecule has 0 bridgehead atoms. The average molecular weight is 273 g/mol. The van der Waals surface area contributed by atoms with Crippen LogP contribution < -0.4 is 5.32 Å². The second-order valence-electron chi connectivity index (χ2n) is 6.67. The van der Waals surface area contributed by atoms with Crippen LogP contribution in [0.4, 0.5) is 5.82 Å². The Bertz CT molecular complexity index is 584. The highest BCUT2D eigenvalue weighted by Crippen LogP contribution is 2.63. The molecule has 3 aliphatic carbocycles. The third-order valence-corrected chi connectivity index (χ3v) is 5.00. The van der Waals surface area contributed by atoms with E-state index in [1.807, 2.05) is 13.0 Å². The Morgan fingerprint density at radius 2 is 2.20 bits per heavy atom. The van der Waals surface area contributed by atoms with Gasteiger partial charge in [-0.25, -0.2) is 9.97 Å². The normalized spacial score (nSPS) is 34.6. The molecule has 1 aromatic rings. The Balaban J connectivity index is 1.49. The zero-order chi connectivity index (χ0) is 13.9. The van der Waals surface area contributed by atoms with Crippen LogP contribution in [0, 0.1) is 18.3 Å². The highest BCUT2D eigenvalue weighted by molar-refractivity contribution is 5.79. The van der Waals surface area contributed by atoms with Crippen molar-refractivity contribution < 1.29 is 9.90 Å². The second-order valence-corrected chi connectivity index (χ2v) is 6.67. The first-order valence-electron chi connectivity index (χ1n) is 7.42. The summed E-state index contributed by atoms with van der Waals surface area (Å²) >= 11 is 0. The number of carbonyl (C=O) groups is 1. The van der Waals surface area contributed by atoms with Crippen molar-refractivity contribution in [3.8, 4) is 0 Å². The first-order valence-corrected chi connectivity index (χ1v) is 7.42. The molecule has 3 saturated carbocycles. The lowest BCUT2D eigenvalue weighted by Gasteiger charge is -2.17. The molecule has 4 rings (SSSR count). The van der Waals surface area contributed by atoms with Gasteiger partial charge in [-0.05, 0) is 44.9 Å². The minimum Gasteiger partial charge on any atom is -0.481 e. The summed E-state index contributed by atoms with van der Waals surface area (Å²) in [5.41, 5.74) is 0.555. The number of aryl methyl sites for hydroxylation is 1. The van der Waals surface area contributed by atoms with E-state index in [0.29, 0.717) is 11.8 Å². The minimum atomic E-state index is -0.621. The maximum absolute atomic E-state index is 11.3. The number of nitrogens with zero attached hydrogens (tertiary/aromatic N) is 2. The molecule has 5 heteroatoms. The first-order chi connectivity index (χ1) is 9.57. The largest absolute Gasteiger partial charge is 0.481 e. The van der Waals surface area contributed by atoms with Gasteiger partial charge in [0.05, 0.1) is 5.41 Å². The quantitative estimate of drug-likeness (QED) is 0.880. The number of rotatable bonds is 4. The summed E-state index contributed by atoms with van der Waals surface area (Å²) in [5, 5.41) is 12.7. The molecular weight excluding hydrogens is 254 g/mol. The third kappa shape index (κ3) is 1.87. The minimum absolute atomic E-state index is 0.242. The summed E-state index contributed by atoms with van der Waals surface area (Å²) in [7, 11) is 0. The third-order valence-electron chi connectivity index (χ3n) is 5.00. The van der Waals surface area contributed by atoms with Crippen LogP contribution in [0.1, 0.15) is 49.5 Å². The zero-order valence-corrected chi connectivity index (χ0v) is 11.6. The molecule has 0 saturated heterocycles. The molecule has 1 aromatic heterocycles. The fraction of sp³-hybridized carbons (Fsp3) is 0.667. The van der Waals surface area contributed by atoms with Crippen molar-refractivity contribution in [3.63, 3.8) is 0 Å². The topological polar surface area (TPSA) is 75.1 Å². The number of hydrogen-bond donors (Lipinski definition) is 2. The molecule has 3 atom stereocenters. The summed E-state index contributed by atoms with van der Waals surface area (Å²) in [5.74, 6) is 2.10. The van der Waals surface area contributed by atoms with Crippen molar-refractivity contribution >= 4 is 11.8 Å². The highest BCUT2D eigenvalue weighted by Gasteiger charge is 2.65. The van der Waals surface area contributed by atoms with Crippen LogP contribution in [0.25, 0.3) is 0 Å². The van der Waals surface area contributed by atoms with Gasteiger partial charge in [-0.15, -0.1) is 0 Å². The van der Waals surface area contributed by atoms with Gasteiger partial charge in [0, 0.05) is 23.7 Å². The number of hydrogen-bond acceptors (Lipinski definition) is 4. The maximum Gasteiger partial charge on any atom is 0.310 e. The number of carboxylic acid groups (broad SMARTS) is 1. The molecule has 0 amide bonds. The van der Waals surface area contributed by atoms with Crippen molar-refractivity contribution in [3.05, 3.63) is 17.6 Å². The average Bonchev–Trinajstić information content (AvgIpc) is 3.27. The standard InChI is InChI=1S/C15H19N3O2/c1-8-4-12(18-13(16-8)9-2-3-9)17-11-5-10-6-15(10,7-11)14(19)20/h4,9-11H,2-3,5-7H2,1H3,(H,19,20)(H,16,17,18)/t10-,11+,15+/m0/s1. The van der Waals surface area contributed by atoms with Crippen molar-refractivity contribution in [1.82, 2.24) is 9.97 Å². The van der Waals surface area contributed by atoms with Gasteiger partial charge >= 0.3 is 5.97 Å². The van der Waals surface area contributed by atoms with Crippen molar-refractivity contribution in [2.75, 3.05) is 5.32 Å². The van der Waals surface area contributed by atoms with Gasteiger partial charge in [0.25, 0.3) is 0 Å². The van der Waals surface area contributed by atoms with Crippen molar-refractivity contribution in [2.24, 2.45) is 11.3 Å². The first kappa shape index (κ1) is 12.1. The Kier molecular flexibility index (Phi) is 2.38. The summed E-state index contributed by atoms with van der Waals surface area (Å²) in [4.78, 5) is 20.4. The van der Waals surface area contributed by atoms with Crippen LogP contribution in [0.3, 0.4) is 0 Å². The van der Waals surface area contributed by atoms with E-state index in [1.165, 1.54) is 12.8 Å². The molecule has 0 spiro atoms. The van der Waals surface area contributed by atoms with Gasteiger partial charge in [-0.1, -0.05) is 0 Å². The second kappa shape index (κ2) is 3.93. The smallest absolute Gasteiger partial charge is 0.310 e. The van der Waals surface area contributed by atoms with Crippen LogP contribution >= 0.6 is 0 Å². The lowest BCUT2D eigenvalue weighted by Crippen LogP contribution is -2.23. The molecule has 0 unspecified atom stereocenters. The number of nitrogens with one attached hydrogen (secondary N) is 1. The van der Waals surface area contributed by atoms with E-state index in [9.17, 15) is 9.90 Å². The monoisotopic (exact) mass is 273 g/mol. The predicted molar refractivity (Wildman–Crippen MR) is 73.6 cm³/mol. The maximum atomic E-state index is 11.3. The van der Waals surface area contributed by atoms with Gasteiger partial charge in [0.15, 0.2) is 0 Å². The van der Waals surface area contributed by atoms with Crippen molar-refractivity contribution in [1.29, 1.82) is 0 Å². The molecule has 0 aliphatic heterocycles. The zero-order valence-electron chi connectivity index (χ0n) is 11.6. The van der Waals surface area contributed by atoms with E-state index >= 15 is 0 Å². The number of carboxylic acids is 1.